The fourth-order valence-electron chi connectivity index (χ4n) is 3.22. The van der Waals surface area contributed by atoms with Crippen LogP contribution in [0.4, 0.5) is 10.5 Å². The van der Waals surface area contributed by atoms with Gasteiger partial charge in [-0.2, -0.15) is 0 Å². The number of nitrogens with zero attached hydrogens (tertiary/aromatic N) is 4. The van der Waals surface area contributed by atoms with Gasteiger partial charge in [-0.3, -0.25) is 0 Å². The average Bonchev–Trinajstić information content (AvgIpc) is 3.20. The van der Waals surface area contributed by atoms with Gasteiger partial charge < -0.3 is 25.2 Å². The summed E-state index contributed by atoms with van der Waals surface area (Å²) in [6.07, 6.45) is 4.10. The second-order valence-electron chi connectivity index (χ2n) is 8.17. The number of hydrogen-bond donors (Lipinski definition) is 1. The van der Waals surface area contributed by atoms with Crippen LogP contribution in [0.3, 0.4) is 0 Å². The fourth-order valence-corrected chi connectivity index (χ4v) is 3.22. The van der Waals surface area contributed by atoms with Gasteiger partial charge in [0, 0.05) is 45.0 Å². The highest BCUT2D eigenvalue weighted by molar-refractivity contribution is 5.78. The molecule has 2 heterocycles. The molecular weight excluding hydrogens is 354 g/mol. The summed E-state index contributed by atoms with van der Waals surface area (Å²) in [6.45, 7) is 10.6. The minimum absolute atomic E-state index is 0.268. The molecule has 0 aliphatic carbocycles. The van der Waals surface area contributed by atoms with Gasteiger partial charge in [0.15, 0.2) is 5.96 Å². The second kappa shape index (κ2) is 8.54. The Morgan fingerprint density at radius 2 is 1.61 bits per heavy atom. The van der Waals surface area contributed by atoms with E-state index in [1.807, 2.05) is 25.7 Å². The smallest absolute Gasteiger partial charge is 0.410 e. The molecule has 0 spiro atoms. The number of aliphatic imine (C=N–C) groups is 1. The molecule has 2 aliphatic rings. The maximum Gasteiger partial charge on any atom is 0.410 e. The van der Waals surface area contributed by atoms with E-state index >= 15 is 0 Å². The summed E-state index contributed by atoms with van der Waals surface area (Å²) < 4.78 is 5.42. The molecule has 2 aliphatic heterocycles. The third-order valence-electron chi connectivity index (χ3n) is 4.80. The van der Waals surface area contributed by atoms with Gasteiger partial charge >= 0.3 is 6.09 Å². The van der Waals surface area contributed by atoms with Gasteiger partial charge in [-0.25, -0.2) is 9.79 Å². The Morgan fingerprint density at radius 1 is 1.04 bits per heavy atom. The van der Waals surface area contributed by atoms with Gasteiger partial charge in [0.25, 0.3) is 0 Å². The number of ether oxygens (including phenoxy) is 1. The van der Waals surface area contributed by atoms with E-state index < -0.39 is 5.60 Å². The summed E-state index contributed by atoms with van der Waals surface area (Å²) in [7, 11) is 0. The molecular formula is C21H31N5O2. The number of nitrogens with two attached hydrogens (primary N) is 1. The summed E-state index contributed by atoms with van der Waals surface area (Å²) in [6, 6.07) is 8.47. The Morgan fingerprint density at radius 3 is 2.18 bits per heavy atom. The number of carbonyl (C=O) groups excluding carboxylic acids is 1. The van der Waals surface area contributed by atoms with E-state index in [0.717, 1.165) is 18.7 Å². The summed E-state index contributed by atoms with van der Waals surface area (Å²) in [4.78, 5) is 22.7. The molecule has 1 aromatic rings. The summed E-state index contributed by atoms with van der Waals surface area (Å²) >= 11 is 0. The maximum atomic E-state index is 12.1. The monoisotopic (exact) mass is 385 g/mol. The van der Waals surface area contributed by atoms with Crippen LogP contribution in [0.5, 0.6) is 0 Å². The van der Waals surface area contributed by atoms with Crippen molar-refractivity contribution in [2.45, 2.75) is 32.9 Å². The van der Waals surface area contributed by atoms with Crippen LogP contribution >= 0.6 is 0 Å². The number of rotatable bonds is 3. The minimum atomic E-state index is -0.477. The minimum Gasteiger partial charge on any atom is -0.444 e. The van der Waals surface area contributed by atoms with Crippen molar-refractivity contribution in [3.63, 3.8) is 0 Å². The highest BCUT2D eigenvalue weighted by Crippen LogP contribution is 2.18. The second-order valence-corrected chi connectivity index (χ2v) is 8.17. The lowest BCUT2D eigenvalue weighted by molar-refractivity contribution is 0.0186. The summed E-state index contributed by atoms with van der Waals surface area (Å²) in [5.41, 5.74) is 8.05. The molecule has 7 heteroatoms. The fraction of sp³-hybridized carbons (Fsp3) is 0.524. The van der Waals surface area contributed by atoms with Crippen LogP contribution in [0.15, 0.2) is 41.4 Å². The summed E-state index contributed by atoms with van der Waals surface area (Å²) in [5.74, 6) is 0.525. The molecule has 0 saturated carbocycles. The van der Waals surface area contributed by atoms with Crippen molar-refractivity contribution in [2.24, 2.45) is 10.7 Å². The first kappa shape index (κ1) is 20.0. The maximum absolute atomic E-state index is 12.1. The number of carbonyl (C=O) groups is 1. The van der Waals surface area contributed by atoms with Gasteiger partial charge in [0.05, 0.1) is 6.54 Å². The van der Waals surface area contributed by atoms with Crippen LogP contribution in [0.2, 0.25) is 0 Å². The molecule has 0 bridgehead atoms. The molecule has 1 aromatic carbocycles. The van der Waals surface area contributed by atoms with E-state index in [1.165, 1.54) is 5.69 Å². The van der Waals surface area contributed by atoms with Crippen LogP contribution in [-0.2, 0) is 11.3 Å². The molecule has 1 saturated heterocycles. The zero-order valence-electron chi connectivity index (χ0n) is 17.1. The molecule has 152 valence electrons. The van der Waals surface area contributed by atoms with Crippen LogP contribution in [0, 0.1) is 0 Å². The van der Waals surface area contributed by atoms with E-state index in [2.05, 4.69) is 46.3 Å². The van der Waals surface area contributed by atoms with E-state index in [-0.39, 0.29) is 6.09 Å². The van der Waals surface area contributed by atoms with Crippen LogP contribution < -0.4 is 10.6 Å². The van der Waals surface area contributed by atoms with Crippen molar-refractivity contribution in [2.75, 3.05) is 44.2 Å². The molecule has 0 atom stereocenters. The highest BCUT2D eigenvalue weighted by atomic mass is 16.6. The number of benzene rings is 1. The molecule has 28 heavy (non-hydrogen) atoms. The van der Waals surface area contributed by atoms with E-state index in [4.69, 9.17) is 10.5 Å². The Hall–Kier alpha value is -2.70. The molecule has 0 aromatic heterocycles. The molecule has 0 unspecified atom stereocenters. The lowest BCUT2D eigenvalue weighted by Gasteiger charge is -2.36. The van der Waals surface area contributed by atoms with Gasteiger partial charge in [0.1, 0.15) is 5.60 Å². The van der Waals surface area contributed by atoms with Crippen molar-refractivity contribution < 1.29 is 9.53 Å². The van der Waals surface area contributed by atoms with Crippen molar-refractivity contribution in [1.29, 1.82) is 0 Å². The highest BCUT2D eigenvalue weighted by Gasteiger charge is 2.26. The zero-order chi connectivity index (χ0) is 20.1. The van der Waals surface area contributed by atoms with E-state index in [9.17, 15) is 4.79 Å². The van der Waals surface area contributed by atoms with Crippen LogP contribution in [-0.4, -0.2) is 66.7 Å². The number of guanidine groups is 1. The van der Waals surface area contributed by atoms with Crippen LogP contribution in [0.1, 0.15) is 26.3 Å². The first-order chi connectivity index (χ1) is 13.3. The molecule has 1 fully saturated rings. The van der Waals surface area contributed by atoms with E-state index in [1.54, 1.807) is 4.90 Å². The quantitative estimate of drug-likeness (QED) is 0.491. The topological polar surface area (TPSA) is 74.4 Å². The number of anilines is 1. The number of piperazine rings is 1. The predicted octanol–water partition coefficient (Wildman–Crippen LogP) is 2.43. The normalized spacial score (nSPS) is 18.0. The zero-order valence-corrected chi connectivity index (χ0v) is 17.1. The van der Waals surface area contributed by atoms with Gasteiger partial charge in [-0.1, -0.05) is 24.3 Å². The average molecular weight is 386 g/mol. The van der Waals surface area contributed by atoms with Gasteiger partial charge in [-0.15, -0.1) is 0 Å². The Kier molecular flexibility index (Phi) is 6.11. The summed E-state index contributed by atoms with van der Waals surface area (Å²) in [5, 5.41) is 0. The SMILES string of the molecule is CC(C)(C)OC(=O)N1CCN(C(N)=NCc2ccc(N3CC=CC3)cc2)CC1. The van der Waals surface area contributed by atoms with Gasteiger partial charge in [0.2, 0.25) is 0 Å². The Bertz CT molecular complexity index is 720. The number of amides is 1. The lowest BCUT2D eigenvalue weighted by Crippen LogP contribution is -2.53. The Balaban J connectivity index is 1.47. The van der Waals surface area contributed by atoms with Crippen molar-refractivity contribution in [1.82, 2.24) is 9.80 Å². The van der Waals surface area contributed by atoms with Crippen molar-refractivity contribution in [3.05, 3.63) is 42.0 Å². The van der Waals surface area contributed by atoms with Crippen molar-refractivity contribution in [3.8, 4) is 0 Å². The predicted molar refractivity (Wildman–Crippen MR) is 113 cm³/mol. The first-order valence-corrected chi connectivity index (χ1v) is 9.83. The molecule has 7 nitrogen and oxygen atoms in total. The largest absolute Gasteiger partial charge is 0.444 e. The van der Waals surface area contributed by atoms with E-state index in [0.29, 0.717) is 38.7 Å². The molecule has 3 rings (SSSR count). The lowest BCUT2D eigenvalue weighted by atomic mass is 10.2. The van der Waals surface area contributed by atoms with Crippen LogP contribution in [0.25, 0.3) is 0 Å². The molecule has 1 amide bonds. The number of hydrogen-bond acceptors (Lipinski definition) is 4. The van der Waals surface area contributed by atoms with Crippen molar-refractivity contribution >= 4 is 17.7 Å². The third kappa shape index (κ3) is 5.41. The first-order valence-electron chi connectivity index (χ1n) is 9.83. The molecule has 2 N–H and O–H groups in total. The molecule has 0 radical (unpaired) electrons. The van der Waals surface area contributed by atoms with Gasteiger partial charge in [-0.05, 0) is 38.5 Å². The standard InChI is InChI=1S/C21H31N5O2/c1-21(2,3)28-20(27)26-14-12-25(13-15-26)19(22)23-16-17-6-8-18(9-7-17)24-10-4-5-11-24/h4-9H,10-16H2,1-3H3,(H2,22,23). The third-order valence-corrected chi connectivity index (χ3v) is 4.80. The Labute approximate surface area is 167 Å².